The lowest BCUT2D eigenvalue weighted by Gasteiger charge is -2.37. The second-order valence-electron chi connectivity index (χ2n) is 5.14. The minimum atomic E-state index is -0.551. The molecule has 90 valence electrons. The lowest BCUT2D eigenvalue weighted by Crippen LogP contribution is -2.39. The molecule has 1 saturated carbocycles. The standard InChI is InChI=1S/C13H15FN2O/c1-12(10-6-9(15)2-3-11(10)14)13(4-5-13)7-17-8-16-12/h2-3,6,8H,4-5,7,15H2,1H3. The number of ether oxygens (including phenoxy) is 1. The smallest absolute Gasteiger partial charge is 0.170 e. The molecule has 1 fully saturated rings. The first-order valence-electron chi connectivity index (χ1n) is 5.78. The molecule has 1 aromatic carbocycles. The Kier molecular flexibility index (Phi) is 2.00. The van der Waals surface area contributed by atoms with Crippen molar-refractivity contribution in [2.75, 3.05) is 12.3 Å². The lowest BCUT2D eigenvalue weighted by molar-refractivity contribution is 0.125. The molecule has 0 saturated heterocycles. The van der Waals surface area contributed by atoms with Gasteiger partial charge in [0, 0.05) is 16.7 Å². The fourth-order valence-corrected chi connectivity index (χ4v) is 2.67. The second kappa shape index (κ2) is 3.22. The molecular weight excluding hydrogens is 219 g/mol. The predicted molar refractivity (Wildman–Crippen MR) is 64.3 cm³/mol. The second-order valence-corrected chi connectivity index (χ2v) is 5.14. The van der Waals surface area contributed by atoms with E-state index < -0.39 is 5.54 Å². The van der Waals surface area contributed by atoms with Crippen molar-refractivity contribution in [2.24, 2.45) is 10.4 Å². The van der Waals surface area contributed by atoms with Crippen molar-refractivity contribution in [1.82, 2.24) is 0 Å². The third kappa shape index (κ3) is 1.36. The Labute approximate surface area is 99.5 Å². The maximum absolute atomic E-state index is 14.0. The van der Waals surface area contributed by atoms with Crippen molar-refractivity contribution in [3.8, 4) is 0 Å². The average molecular weight is 234 g/mol. The molecule has 2 N–H and O–H groups in total. The van der Waals surface area contributed by atoms with Gasteiger partial charge in [0.1, 0.15) is 5.82 Å². The molecule has 3 rings (SSSR count). The van der Waals surface area contributed by atoms with Crippen LogP contribution in [0.1, 0.15) is 25.3 Å². The van der Waals surface area contributed by atoms with Gasteiger partial charge in [0.15, 0.2) is 6.40 Å². The van der Waals surface area contributed by atoms with Crippen LogP contribution in [0.5, 0.6) is 0 Å². The van der Waals surface area contributed by atoms with E-state index in [0.717, 1.165) is 12.8 Å². The first kappa shape index (κ1) is 10.6. The Morgan fingerprint density at radius 2 is 2.18 bits per heavy atom. The minimum Gasteiger partial charge on any atom is -0.483 e. The molecule has 0 radical (unpaired) electrons. The Balaban J connectivity index is 2.15. The molecular formula is C13H15FN2O. The zero-order valence-corrected chi connectivity index (χ0v) is 9.74. The number of nitrogens with zero attached hydrogens (tertiary/aromatic N) is 1. The number of anilines is 1. The Bertz CT molecular complexity index is 496. The fraction of sp³-hybridized carbons (Fsp3) is 0.462. The molecule has 1 aliphatic heterocycles. The highest BCUT2D eigenvalue weighted by molar-refractivity contribution is 5.54. The molecule has 3 nitrogen and oxygen atoms in total. The van der Waals surface area contributed by atoms with Crippen molar-refractivity contribution in [1.29, 1.82) is 0 Å². The molecule has 1 aromatic rings. The van der Waals surface area contributed by atoms with Gasteiger partial charge >= 0.3 is 0 Å². The number of rotatable bonds is 1. The summed E-state index contributed by atoms with van der Waals surface area (Å²) in [5.74, 6) is -0.243. The summed E-state index contributed by atoms with van der Waals surface area (Å²) in [6.07, 6.45) is 3.48. The Morgan fingerprint density at radius 3 is 2.88 bits per heavy atom. The van der Waals surface area contributed by atoms with Crippen molar-refractivity contribution < 1.29 is 9.13 Å². The van der Waals surface area contributed by atoms with E-state index in [2.05, 4.69) is 4.99 Å². The number of aliphatic imine (C=N–C) groups is 1. The number of benzene rings is 1. The molecule has 1 heterocycles. The van der Waals surface area contributed by atoms with Gasteiger partial charge in [0.2, 0.25) is 0 Å². The summed E-state index contributed by atoms with van der Waals surface area (Å²) in [5.41, 5.74) is 6.30. The summed E-state index contributed by atoms with van der Waals surface area (Å²) >= 11 is 0. The zero-order chi connectivity index (χ0) is 12.1. The van der Waals surface area contributed by atoms with E-state index in [4.69, 9.17) is 10.5 Å². The van der Waals surface area contributed by atoms with E-state index in [1.165, 1.54) is 12.5 Å². The average Bonchev–Trinajstić information content (AvgIpc) is 3.08. The number of nitrogens with two attached hydrogens (primary N) is 1. The molecule has 2 aliphatic rings. The summed E-state index contributed by atoms with van der Waals surface area (Å²) in [6, 6.07) is 4.68. The molecule has 17 heavy (non-hydrogen) atoms. The van der Waals surface area contributed by atoms with Gasteiger partial charge in [0.25, 0.3) is 0 Å². The van der Waals surface area contributed by atoms with Gasteiger partial charge in [-0.05, 0) is 38.0 Å². The van der Waals surface area contributed by atoms with Crippen molar-refractivity contribution in [3.05, 3.63) is 29.6 Å². The van der Waals surface area contributed by atoms with Crippen LogP contribution < -0.4 is 5.73 Å². The van der Waals surface area contributed by atoms with E-state index in [9.17, 15) is 4.39 Å². The van der Waals surface area contributed by atoms with Crippen LogP contribution in [0.2, 0.25) is 0 Å². The van der Waals surface area contributed by atoms with Gasteiger partial charge in [-0.3, -0.25) is 0 Å². The molecule has 1 spiro atoms. The van der Waals surface area contributed by atoms with Crippen molar-refractivity contribution in [2.45, 2.75) is 25.3 Å². The Morgan fingerprint density at radius 1 is 1.41 bits per heavy atom. The number of nitrogen functional groups attached to an aromatic ring is 1. The van der Waals surface area contributed by atoms with Gasteiger partial charge in [-0.2, -0.15) is 0 Å². The summed E-state index contributed by atoms with van der Waals surface area (Å²) in [4.78, 5) is 4.41. The molecule has 4 heteroatoms. The van der Waals surface area contributed by atoms with Gasteiger partial charge in [-0.15, -0.1) is 0 Å². The van der Waals surface area contributed by atoms with Gasteiger partial charge in [-0.1, -0.05) is 0 Å². The van der Waals surface area contributed by atoms with E-state index in [-0.39, 0.29) is 11.2 Å². The monoisotopic (exact) mass is 234 g/mol. The van der Waals surface area contributed by atoms with Gasteiger partial charge in [0.05, 0.1) is 12.1 Å². The van der Waals surface area contributed by atoms with E-state index in [1.807, 2.05) is 6.92 Å². The quantitative estimate of drug-likeness (QED) is 0.759. The van der Waals surface area contributed by atoms with Crippen LogP contribution in [0.4, 0.5) is 10.1 Å². The first-order chi connectivity index (χ1) is 8.07. The highest BCUT2D eigenvalue weighted by Gasteiger charge is 2.60. The predicted octanol–water partition coefficient (Wildman–Crippen LogP) is 2.46. The summed E-state index contributed by atoms with van der Waals surface area (Å²) in [6.45, 7) is 2.58. The summed E-state index contributed by atoms with van der Waals surface area (Å²) in [5, 5.41) is 0. The highest BCUT2D eigenvalue weighted by atomic mass is 19.1. The number of hydrogen-bond acceptors (Lipinski definition) is 3. The van der Waals surface area contributed by atoms with E-state index in [1.54, 1.807) is 12.1 Å². The summed E-state index contributed by atoms with van der Waals surface area (Å²) in [7, 11) is 0. The van der Waals surface area contributed by atoms with E-state index >= 15 is 0 Å². The SMILES string of the molecule is CC1(c2cc(N)ccc2F)N=COCC12CC2. The van der Waals surface area contributed by atoms with Crippen LogP contribution in [0.15, 0.2) is 23.2 Å². The topological polar surface area (TPSA) is 47.6 Å². The fourth-order valence-electron chi connectivity index (χ4n) is 2.67. The van der Waals surface area contributed by atoms with Gasteiger partial charge in [-0.25, -0.2) is 9.38 Å². The van der Waals surface area contributed by atoms with Gasteiger partial charge < -0.3 is 10.5 Å². The number of hydrogen-bond donors (Lipinski definition) is 1. The molecule has 0 aromatic heterocycles. The van der Waals surface area contributed by atoms with Crippen molar-refractivity contribution >= 4 is 12.1 Å². The van der Waals surface area contributed by atoms with Crippen LogP contribution in [-0.2, 0) is 10.3 Å². The summed E-state index contributed by atoms with van der Waals surface area (Å²) < 4.78 is 19.3. The largest absolute Gasteiger partial charge is 0.483 e. The number of halogens is 1. The van der Waals surface area contributed by atoms with Crippen LogP contribution in [0, 0.1) is 11.2 Å². The third-order valence-corrected chi connectivity index (χ3v) is 4.15. The normalized spacial score (nSPS) is 29.1. The maximum Gasteiger partial charge on any atom is 0.170 e. The molecule has 0 bridgehead atoms. The third-order valence-electron chi connectivity index (χ3n) is 4.15. The maximum atomic E-state index is 14.0. The molecule has 1 aliphatic carbocycles. The Hall–Kier alpha value is -1.58. The molecule has 1 atom stereocenters. The van der Waals surface area contributed by atoms with Crippen LogP contribution in [0.25, 0.3) is 0 Å². The van der Waals surface area contributed by atoms with Crippen LogP contribution in [-0.4, -0.2) is 13.0 Å². The molecule has 0 amide bonds. The lowest BCUT2D eigenvalue weighted by atomic mass is 9.76. The molecule has 1 unspecified atom stereocenters. The van der Waals surface area contributed by atoms with Crippen LogP contribution in [0.3, 0.4) is 0 Å². The zero-order valence-electron chi connectivity index (χ0n) is 9.74. The first-order valence-corrected chi connectivity index (χ1v) is 5.78. The minimum absolute atomic E-state index is 0.0453. The van der Waals surface area contributed by atoms with Crippen molar-refractivity contribution in [3.63, 3.8) is 0 Å². The van der Waals surface area contributed by atoms with E-state index in [0.29, 0.717) is 17.9 Å². The van der Waals surface area contributed by atoms with Crippen LogP contribution >= 0.6 is 0 Å². The highest BCUT2D eigenvalue weighted by Crippen LogP contribution is 2.61.